The topological polar surface area (TPSA) is 75.7 Å². The Balaban J connectivity index is 0.000000423. The zero-order valence-corrected chi connectivity index (χ0v) is 15.6. The Kier molecular flexibility index (Phi) is 10.2. The highest BCUT2D eigenvalue weighted by Gasteiger charge is 2.29. The van der Waals surface area contributed by atoms with E-state index in [4.69, 9.17) is 20.4 Å². The van der Waals surface area contributed by atoms with E-state index in [2.05, 4.69) is 27.7 Å². The minimum absolute atomic E-state index is 0.505. The third kappa shape index (κ3) is 6.54. The summed E-state index contributed by atoms with van der Waals surface area (Å²) in [7, 11) is -1.74. The molecule has 4 nitrogen and oxygen atoms in total. The quantitative estimate of drug-likeness (QED) is 0.672. The van der Waals surface area contributed by atoms with Crippen LogP contribution >= 0.6 is 0 Å². The molecule has 0 amide bonds. The van der Waals surface area contributed by atoms with Gasteiger partial charge in [-0.1, -0.05) is 59.1 Å². The summed E-state index contributed by atoms with van der Waals surface area (Å²) in [5.41, 5.74) is 8.18. The second-order valence-electron chi connectivity index (χ2n) is 6.20. The van der Waals surface area contributed by atoms with Gasteiger partial charge in [-0.3, -0.25) is 0 Å². The highest BCUT2D eigenvalue weighted by molar-refractivity contribution is 6.33. The SMILES string of the molecule is CCC(CC)(CC)C(C)CN.Cc1cccc(OB(O)O)c1C. The van der Waals surface area contributed by atoms with Crippen LogP contribution in [0.1, 0.15) is 58.1 Å². The van der Waals surface area contributed by atoms with Crippen molar-refractivity contribution in [2.75, 3.05) is 6.54 Å². The Morgan fingerprint density at radius 1 is 1.13 bits per heavy atom. The molecule has 23 heavy (non-hydrogen) atoms. The van der Waals surface area contributed by atoms with Gasteiger partial charge in [0.15, 0.2) is 0 Å². The van der Waals surface area contributed by atoms with Crippen molar-refractivity contribution in [3.63, 3.8) is 0 Å². The van der Waals surface area contributed by atoms with Gasteiger partial charge >= 0.3 is 7.32 Å². The number of aryl methyl sites for hydroxylation is 1. The summed E-state index contributed by atoms with van der Waals surface area (Å²) in [6.07, 6.45) is 3.79. The zero-order chi connectivity index (χ0) is 18.0. The molecule has 0 aliphatic carbocycles. The predicted molar refractivity (Wildman–Crippen MR) is 98.3 cm³/mol. The van der Waals surface area contributed by atoms with E-state index in [1.54, 1.807) is 12.1 Å². The fraction of sp³-hybridized carbons (Fsp3) is 0.667. The van der Waals surface area contributed by atoms with Crippen LogP contribution in [-0.2, 0) is 0 Å². The van der Waals surface area contributed by atoms with Crippen LogP contribution in [0.4, 0.5) is 0 Å². The van der Waals surface area contributed by atoms with E-state index in [0.717, 1.165) is 17.7 Å². The molecule has 0 aromatic heterocycles. The molecule has 0 spiro atoms. The second-order valence-corrected chi connectivity index (χ2v) is 6.20. The molecule has 0 radical (unpaired) electrons. The van der Waals surface area contributed by atoms with E-state index < -0.39 is 7.32 Å². The summed E-state index contributed by atoms with van der Waals surface area (Å²) >= 11 is 0. The van der Waals surface area contributed by atoms with E-state index >= 15 is 0 Å². The summed E-state index contributed by atoms with van der Waals surface area (Å²) in [5.74, 6) is 1.17. The number of hydrogen-bond acceptors (Lipinski definition) is 4. The van der Waals surface area contributed by atoms with Gasteiger partial charge in [-0.05, 0) is 48.9 Å². The second kappa shape index (κ2) is 10.7. The third-order valence-corrected chi connectivity index (χ3v) is 5.30. The maximum absolute atomic E-state index is 8.55. The van der Waals surface area contributed by atoms with Crippen molar-refractivity contribution < 1.29 is 14.7 Å². The molecular formula is C18H34BNO3. The monoisotopic (exact) mass is 323 g/mol. The summed E-state index contributed by atoms with van der Waals surface area (Å²) < 4.78 is 4.74. The van der Waals surface area contributed by atoms with Crippen LogP contribution in [0.3, 0.4) is 0 Å². The van der Waals surface area contributed by atoms with E-state index in [9.17, 15) is 0 Å². The zero-order valence-electron chi connectivity index (χ0n) is 15.6. The minimum Gasteiger partial charge on any atom is -0.512 e. The van der Waals surface area contributed by atoms with Crippen LogP contribution in [0.5, 0.6) is 5.75 Å². The third-order valence-electron chi connectivity index (χ3n) is 5.30. The van der Waals surface area contributed by atoms with E-state index in [1.165, 1.54) is 19.3 Å². The molecule has 0 saturated heterocycles. The van der Waals surface area contributed by atoms with Crippen molar-refractivity contribution in [1.82, 2.24) is 0 Å². The molecule has 132 valence electrons. The van der Waals surface area contributed by atoms with Gasteiger partial charge in [-0.2, -0.15) is 0 Å². The normalized spacial score (nSPS) is 12.2. The molecule has 0 aliphatic rings. The highest BCUT2D eigenvalue weighted by Crippen LogP contribution is 2.37. The van der Waals surface area contributed by atoms with Gasteiger partial charge in [0.25, 0.3) is 0 Å². The Morgan fingerprint density at radius 2 is 1.65 bits per heavy atom. The van der Waals surface area contributed by atoms with Crippen molar-refractivity contribution in [3.8, 4) is 5.75 Å². The summed E-state index contributed by atoms with van der Waals surface area (Å²) in [6, 6.07) is 5.44. The lowest BCUT2D eigenvalue weighted by Crippen LogP contribution is -2.32. The first-order valence-electron chi connectivity index (χ1n) is 8.56. The number of nitrogens with two attached hydrogens (primary N) is 1. The highest BCUT2D eigenvalue weighted by atomic mass is 16.6. The van der Waals surface area contributed by atoms with Crippen molar-refractivity contribution in [3.05, 3.63) is 29.3 Å². The molecule has 0 fully saturated rings. The molecule has 1 rings (SSSR count). The molecule has 0 bridgehead atoms. The van der Waals surface area contributed by atoms with Gasteiger partial charge in [0.2, 0.25) is 0 Å². The molecule has 5 heteroatoms. The molecule has 1 unspecified atom stereocenters. The first-order valence-corrected chi connectivity index (χ1v) is 8.56. The van der Waals surface area contributed by atoms with Gasteiger partial charge in [0.1, 0.15) is 5.75 Å². The Labute approximate surface area is 142 Å². The van der Waals surface area contributed by atoms with Crippen molar-refractivity contribution in [2.24, 2.45) is 17.1 Å². The molecule has 1 atom stereocenters. The summed E-state index contributed by atoms with van der Waals surface area (Å²) in [4.78, 5) is 0. The van der Waals surface area contributed by atoms with Gasteiger partial charge in [-0.25, -0.2) is 0 Å². The van der Waals surface area contributed by atoms with Crippen LogP contribution in [0.2, 0.25) is 0 Å². The minimum atomic E-state index is -1.74. The Morgan fingerprint density at radius 3 is 2.00 bits per heavy atom. The summed E-state index contributed by atoms with van der Waals surface area (Å²) in [5, 5.41) is 17.1. The van der Waals surface area contributed by atoms with E-state index in [0.29, 0.717) is 17.1 Å². The molecular weight excluding hydrogens is 289 g/mol. The van der Waals surface area contributed by atoms with Crippen molar-refractivity contribution >= 4 is 7.32 Å². The predicted octanol–water partition coefficient (Wildman–Crippen LogP) is 3.45. The maximum atomic E-state index is 8.55. The largest absolute Gasteiger partial charge is 0.707 e. The average molecular weight is 323 g/mol. The van der Waals surface area contributed by atoms with Crippen molar-refractivity contribution in [1.29, 1.82) is 0 Å². The van der Waals surface area contributed by atoms with Crippen LogP contribution in [0.15, 0.2) is 18.2 Å². The van der Waals surface area contributed by atoms with Crippen molar-refractivity contribution in [2.45, 2.75) is 60.8 Å². The smallest absolute Gasteiger partial charge is 0.512 e. The Bertz CT molecular complexity index is 440. The Hall–Kier alpha value is -1.04. The van der Waals surface area contributed by atoms with Gasteiger partial charge in [0.05, 0.1) is 0 Å². The van der Waals surface area contributed by atoms with E-state index in [1.807, 2.05) is 19.9 Å². The lowest BCUT2D eigenvalue weighted by Gasteiger charge is -2.36. The lowest BCUT2D eigenvalue weighted by atomic mass is 9.70. The molecule has 1 aromatic rings. The number of benzene rings is 1. The molecule has 0 saturated carbocycles. The van der Waals surface area contributed by atoms with Gasteiger partial charge in [-0.15, -0.1) is 0 Å². The lowest BCUT2D eigenvalue weighted by molar-refractivity contribution is 0.154. The molecule has 0 heterocycles. The van der Waals surface area contributed by atoms with Crippen LogP contribution in [0, 0.1) is 25.2 Å². The van der Waals surface area contributed by atoms with Gasteiger partial charge in [0, 0.05) is 0 Å². The maximum Gasteiger partial charge on any atom is 0.707 e. The summed E-state index contributed by atoms with van der Waals surface area (Å²) in [6.45, 7) is 13.7. The number of hydrogen-bond donors (Lipinski definition) is 3. The van der Waals surface area contributed by atoms with Crippen LogP contribution < -0.4 is 10.4 Å². The molecule has 1 aromatic carbocycles. The standard InChI is InChI=1S/C10H23N.C8H11BO3/c1-5-10(6-2,7-3)9(4)8-11;1-6-4-3-5-8(7(6)2)12-9(10)11/h9H,5-8,11H2,1-4H3;3-5,10-11H,1-2H3. The first kappa shape index (κ1) is 22.0. The van der Waals surface area contributed by atoms with Crippen LogP contribution in [0.25, 0.3) is 0 Å². The fourth-order valence-corrected chi connectivity index (χ4v) is 3.01. The number of rotatable bonds is 7. The fourth-order valence-electron chi connectivity index (χ4n) is 3.01. The van der Waals surface area contributed by atoms with Gasteiger partial charge < -0.3 is 20.4 Å². The van der Waals surface area contributed by atoms with E-state index in [-0.39, 0.29) is 0 Å². The molecule has 0 aliphatic heterocycles. The van der Waals surface area contributed by atoms with Crippen LogP contribution in [-0.4, -0.2) is 23.9 Å². The first-order chi connectivity index (χ1) is 10.8. The average Bonchev–Trinajstić information content (AvgIpc) is 2.54. The molecule has 4 N–H and O–H groups in total.